The van der Waals surface area contributed by atoms with Gasteiger partial charge in [-0.05, 0) is 93.2 Å². The lowest BCUT2D eigenvalue weighted by Crippen LogP contribution is -2.39. The van der Waals surface area contributed by atoms with Gasteiger partial charge in [-0.3, -0.25) is 4.79 Å². The Morgan fingerprint density at radius 1 is 1.09 bits per heavy atom. The van der Waals surface area contributed by atoms with E-state index in [9.17, 15) is 14.4 Å². The summed E-state index contributed by atoms with van der Waals surface area (Å²) < 4.78 is 19.3. The first-order valence-corrected chi connectivity index (χ1v) is 12.0. The molecule has 174 valence electrons. The smallest absolute Gasteiger partial charge is 0.248 e. The summed E-state index contributed by atoms with van der Waals surface area (Å²) >= 11 is 0. The van der Waals surface area contributed by atoms with E-state index in [1.54, 1.807) is 6.07 Å². The number of amides is 1. The summed E-state index contributed by atoms with van der Waals surface area (Å²) in [5.74, 6) is 0.895. The van der Waals surface area contributed by atoms with E-state index in [4.69, 9.17) is 10.5 Å². The number of halogens is 1. The number of rotatable bonds is 7. The van der Waals surface area contributed by atoms with E-state index < -0.39 is 5.82 Å². The van der Waals surface area contributed by atoms with Crippen LogP contribution in [0.15, 0.2) is 42.5 Å². The molecule has 2 aliphatic rings. The van der Waals surface area contributed by atoms with Crippen molar-refractivity contribution < 1.29 is 13.9 Å². The molecule has 5 nitrogen and oxygen atoms in total. The second-order valence-electron chi connectivity index (χ2n) is 9.37. The van der Waals surface area contributed by atoms with Crippen LogP contribution in [0, 0.1) is 23.1 Å². The van der Waals surface area contributed by atoms with Gasteiger partial charge < -0.3 is 15.4 Å². The van der Waals surface area contributed by atoms with E-state index in [2.05, 4.69) is 11.0 Å². The van der Waals surface area contributed by atoms with E-state index in [-0.39, 0.29) is 17.6 Å². The minimum Gasteiger partial charge on any atom is -0.489 e. The van der Waals surface area contributed by atoms with Crippen molar-refractivity contribution in [3.05, 3.63) is 65.0 Å². The highest BCUT2D eigenvalue weighted by molar-refractivity contribution is 5.94. The first kappa shape index (κ1) is 23.3. The highest BCUT2D eigenvalue weighted by atomic mass is 19.1. The molecule has 0 unspecified atom stereocenters. The Labute approximate surface area is 195 Å². The highest BCUT2D eigenvalue weighted by Crippen LogP contribution is 2.38. The van der Waals surface area contributed by atoms with Crippen LogP contribution in [-0.2, 0) is 0 Å². The van der Waals surface area contributed by atoms with Crippen LogP contribution < -0.4 is 10.5 Å². The molecule has 2 N–H and O–H groups in total. The number of nitriles is 1. The zero-order valence-electron chi connectivity index (χ0n) is 19.0. The highest BCUT2D eigenvalue weighted by Gasteiger charge is 2.26. The van der Waals surface area contributed by atoms with Gasteiger partial charge in [-0.1, -0.05) is 18.2 Å². The second-order valence-corrected chi connectivity index (χ2v) is 9.37. The number of primary amides is 1. The topological polar surface area (TPSA) is 79.3 Å². The van der Waals surface area contributed by atoms with Crippen LogP contribution in [0.1, 0.15) is 72.3 Å². The number of piperidine rings is 1. The lowest BCUT2D eigenvalue weighted by atomic mass is 9.76. The molecule has 0 radical (unpaired) electrons. The van der Waals surface area contributed by atoms with Gasteiger partial charge in [0.1, 0.15) is 23.7 Å². The Hall–Kier alpha value is -2.91. The number of nitrogens with zero attached hydrogens (tertiary/aromatic N) is 2. The molecule has 1 aliphatic heterocycles. The van der Waals surface area contributed by atoms with Crippen LogP contribution >= 0.6 is 0 Å². The van der Waals surface area contributed by atoms with E-state index in [0.29, 0.717) is 17.2 Å². The molecule has 2 aromatic rings. The van der Waals surface area contributed by atoms with Gasteiger partial charge in [-0.15, -0.1) is 0 Å². The van der Waals surface area contributed by atoms with Gasteiger partial charge in [0, 0.05) is 18.7 Å². The molecule has 1 saturated carbocycles. The molecule has 1 amide bonds. The van der Waals surface area contributed by atoms with E-state index in [1.165, 1.54) is 31.4 Å². The van der Waals surface area contributed by atoms with Crippen molar-refractivity contribution in [2.45, 2.75) is 57.0 Å². The van der Waals surface area contributed by atoms with E-state index >= 15 is 0 Å². The fourth-order valence-electron chi connectivity index (χ4n) is 5.33. The van der Waals surface area contributed by atoms with Gasteiger partial charge in [-0.25, -0.2) is 4.39 Å². The number of hydrogen-bond acceptors (Lipinski definition) is 4. The number of hydrogen-bond donors (Lipinski definition) is 1. The number of ether oxygens (including phenoxy) is 1. The quantitative estimate of drug-likeness (QED) is 0.645. The number of benzene rings is 2. The maximum Gasteiger partial charge on any atom is 0.248 e. The molecule has 33 heavy (non-hydrogen) atoms. The van der Waals surface area contributed by atoms with Crippen LogP contribution in [0.4, 0.5) is 4.39 Å². The molecule has 0 aromatic heterocycles. The van der Waals surface area contributed by atoms with Crippen molar-refractivity contribution in [3.63, 3.8) is 0 Å². The van der Waals surface area contributed by atoms with Crippen molar-refractivity contribution in [2.24, 2.45) is 11.7 Å². The molecule has 2 fully saturated rings. The maximum atomic E-state index is 13.3. The first-order valence-electron chi connectivity index (χ1n) is 12.0. The SMILES string of the molecule is N#Cc1cc(F)ccc1OC1CCN(CCC2CCC(c3ccccc3C(N)=O)CC2)CC1. The zero-order valence-corrected chi connectivity index (χ0v) is 19.0. The normalized spacial score (nSPS) is 21.9. The summed E-state index contributed by atoms with van der Waals surface area (Å²) in [5, 5.41) is 9.20. The molecule has 0 atom stereocenters. The molecule has 4 rings (SSSR count). The Balaban J connectivity index is 1.19. The lowest BCUT2D eigenvalue weighted by molar-refractivity contribution is 0.0949. The third-order valence-electron chi connectivity index (χ3n) is 7.26. The molecule has 1 aliphatic carbocycles. The van der Waals surface area contributed by atoms with Gasteiger partial charge in [-0.2, -0.15) is 5.26 Å². The van der Waals surface area contributed by atoms with Crippen LogP contribution in [0.2, 0.25) is 0 Å². The Morgan fingerprint density at radius 2 is 1.82 bits per heavy atom. The summed E-state index contributed by atoms with van der Waals surface area (Å²) in [6, 6.07) is 13.9. The average Bonchev–Trinajstić information content (AvgIpc) is 2.85. The van der Waals surface area contributed by atoms with Crippen LogP contribution in [0.5, 0.6) is 5.75 Å². The summed E-state index contributed by atoms with van der Waals surface area (Å²) in [7, 11) is 0. The standard InChI is InChI=1S/C27H32FN3O2/c28-22-9-10-26(21(17-22)18-29)33-23-12-15-31(16-13-23)14-11-19-5-7-20(8-6-19)24-3-1-2-4-25(24)27(30)32/h1-4,9-10,17,19-20,23H,5-8,11-16H2,(H2,30,32). The summed E-state index contributed by atoms with van der Waals surface area (Å²) in [6.45, 7) is 3.06. The number of nitrogens with two attached hydrogens (primary N) is 1. The molecule has 6 heteroatoms. The first-order chi connectivity index (χ1) is 16.0. The van der Waals surface area contributed by atoms with Crippen molar-refractivity contribution in [1.29, 1.82) is 5.26 Å². The van der Waals surface area contributed by atoms with Crippen LogP contribution in [0.3, 0.4) is 0 Å². The van der Waals surface area contributed by atoms with Gasteiger partial charge in [0.05, 0.1) is 5.56 Å². The third-order valence-corrected chi connectivity index (χ3v) is 7.26. The average molecular weight is 450 g/mol. The van der Waals surface area contributed by atoms with E-state index in [1.807, 2.05) is 24.3 Å². The fourth-order valence-corrected chi connectivity index (χ4v) is 5.33. The van der Waals surface area contributed by atoms with E-state index in [0.717, 1.165) is 56.8 Å². The molecule has 1 saturated heterocycles. The number of carbonyl (C=O) groups excluding carboxylic acids is 1. The Morgan fingerprint density at radius 3 is 2.52 bits per heavy atom. The molecule has 0 bridgehead atoms. The molecule has 1 heterocycles. The van der Waals surface area contributed by atoms with Crippen molar-refractivity contribution in [3.8, 4) is 11.8 Å². The summed E-state index contributed by atoms with van der Waals surface area (Å²) in [6.07, 6.45) is 7.72. The minimum absolute atomic E-state index is 0.0690. The van der Waals surface area contributed by atoms with Gasteiger partial charge in [0.2, 0.25) is 5.91 Å². The maximum absolute atomic E-state index is 13.3. The van der Waals surface area contributed by atoms with Crippen molar-refractivity contribution in [2.75, 3.05) is 19.6 Å². The van der Waals surface area contributed by atoms with Crippen LogP contribution in [0.25, 0.3) is 0 Å². The van der Waals surface area contributed by atoms with Crippen molar-refractivity contribution in [1.82, 2.24) is 4.90 Å². The van der Waals surface area contributed by atoms with Gasteiger partial charge in [0.25, 0.3) is 0 Å². The zero-order chi connectivity index (χ0) is 23.2. The lowest BCUT2D eigenvalue weighted by Gasteiger charge is -2.34. The fraction of sp³-hybridized carbons (Fsp3) is 0.481. The molecular weight excluding hydrogens is 417 g/mol. The minimum atomic E-state index is -0.417. The van der Waals surface area contributed by atoms with Crippen LogP contribution in [-0.4, -0.2) is 36.5 Å². The van der Waals surface area contributed by atoms with Gasteiger partial charge in [0.15, 0.2) is 0 Å². The number of likely N-dealkylation sites (tertiary alicyclic amines) is 1. The third kappa shape index (κ3) is 5.91. The Kier molecular flexibility index (Phi) is 7.61. The second kappa shape index (κ2) is 10.8. The molecular formula is C27H32FN3O2. The predicted octanol–water partition coefficient (Wildman–Crippen LogP) is 5.00. The predicted molar refractivity (Wildman–Crippen MR) is 125 cm³/mol. The molecule has 2 aromatic carbocycles. The van der Waals surface area contributed by atoms with Gasteiger partial charge >= 0.3 is 0 Å². The van der Waals surface area contributed by atoms with Crippen molar-refractivity contribution >= 4 is 5.91 Å². The Bertz CT molecular complexity index is 1000. The summed E-state index contributed by atoms with van der Waals surface area (Å²) in [5.41, 5.74) is 7.62. The summed E-state index contributed by atoms with van der Waals surface area (Å²) in [4.78, 5) is 14.3. The monoisotopic (exact) mass is 449 g/mol. The number of carbonyl (C=O) groups is 1. The molecule has 0 spiro atoms. The largest absolute Gasteiger partial charge is 0.489 e.